The summed E-state index contributed by atoms with van der Waals surface area (Å²) in [5.41, 5.74) is 10.3. The van der Waals surface area contributed by atoms with Crippen molar-refractivity contribution in [3.63, 3.8) is 0 Å². The highest BCUT2D eigenvalue weighted by Crippen LogP contribution is 2.37. The predicted molar refractivity (Wildman–Crippen MR) is 77.8 cm³/mol. The van der Waals surface area contributed by atoms with E-state index in [1.54, 1.807) is 11.3 Å². The molecule has 0 unspecified atom stereocenters. The van der Waals surface area contributed by atoms with Crippen molar-refractivity contribution in [1.29, 1.82) is 0 Å². The Bertz CT molecular complexity index is 567. The topological polar surface area (TPSA) is 26.0 Å². The van der Waals surface area contributed by atoms with E-state index in [0.717, 1.165) is 26.7 Å². The highest BCUT2D eigenvalue weighted by Gasteiger charge is 2.14. The van der Waals surface area contributed by atoms with Crippen LogP contribution in [0.1, 0.15) is 21.6 Å². The smallest absolute Gasteiger partial charge is 0.0941 e. The lowest BCUT2D eigenvalue weighted by Gasteiger charge is -2.07. The Morgan fingerprint density at radius 3 is 2.29 bits per heavy atom. The van der Waals surface area contributed by atoms with E-state index in [2.05, 4.69) is 20.4 Å². The van der Waals surface area contributed by atoms with Gasteiger partial charge in [0.15, 0.2) is 0 Å². The second-order valence-electron chi connectivity index (χ2n) is 4.01. The summed E-state index contributed by atoms with van der Waals surface area (Å²) >= 11 is 7.49. The van der Waals surface area contributed by atoms with Crippen molar-refractivity contribution in [2.45, 2.75) is 13.8 Å². The Balaban J connectivity index is 2.47. The van der Waals surface area contributed by atoms with Gasteiger partial charge >= 0.3 is 0 Å². The maximum atomic E-state index is 6.04. The molecule has 1 aromatic heterocycles. The molecule has 1 nitrogen and oxygen atoms in total. The number of nitrogen functional groups attached to an aromatic ring is 1. The third-order valence-electron chi connectivity index (χ3n) is 2.91. The molecule has 17 heavy (non-hydrogen) atoms. The van der Waals surface area contributed by atoms with Gasteiger partial charge < -0.3 is 5.73 Å². The van der Waals surface area contributed by atoms with Crippen molar-refractivity contribution < 1.29 is 0 Å². The number of benzene rings is 1. The Kier molecular flexibility index (Phi) is 3.27. The molecule has 0 radical (unpaired) electrons. The minimum atomic E-state index is 0.729. The minimum absolute atomic E-state index is 0.729. The van der Waals surface area contributed by atoms with Gasteiger partial charge in [-0.25, -0.2) is 0 Å². The zero-order valence-electron chi connectivity index (χ0n) is 9.88. The van der Waals surface area contributed by atoms with Crippen LogP contribution in [-0.4, -0.2) is 0 Å². The molecule has 1 heterocycles. The monoisotopic (exact) mass is 263 g/mol. The molecule has 1 aromatic carbocycles. The Morgan fingerprint density at radius 2 is 1.82 bits per heavy atom. The SMILES string of the molecule is C=C(c1ccc(Cl)cc1)c1c(N)sc(C)c1C. The molecular weight excluding hydrogens is 250 g/mol. The lowest BCUT2D eigenvalue weighted by Crippen LogP contribution is -1.92. The molecule has 2 rings (SSSR count). The molecule has 0 fully saturated rings. The molecule has 2 N–H and O–H groups in total. The van der Waals surface area contributed by atoms with E-state index in [-0.39, 0.29) is 0 Å². The lowest BCUT2D eigenvalue weighted by molar-refractivity contribution is 1.41. The third-order valence-corrected chi connectivity index (χ3v) is 4.20. The van der Waals surface area contributed by atoms with Gasteiger partial charge in [-0.1, -0.05) is 30.3 Å². The fraction of sp³-hybridized carbons (Fsp3) is 0.143. The molecule has 0 aliphatic rings. The van der Waals surface area contributed by atoms with Crippen molar-refractivity contribution in [1.82, 2.24) is 0 Å². The molecule has 0 saturated carbocycles. The van der Waals surface area contributed by atoms with Crippen LogP contribution in [0, 0.1) is 13.8 Å². The first-order valence-corrected chi connectivity index (χ1v) is 6.51. The van der Waals surface area contributed by atoms with Gasteiger partial charge in [0, 0.05) is 15.5 Å². The average Bonchev–Trinajstić information content (AvgIpc) is 2.53. The zero-order chi connectivity index (χ0) is 12.6. The largest absolute Gasteiger partial charge is 0.390 e. The summed E-state index contributed by atoms with van der Waals surface area (Å²) in [6.07, 6.45) is 0. The summed E-state index contributed by atoms with van der Waals surface area (Å²) in [4.78, 5) is 1.24. The summed E-state index contributed by atoms with van der Waals surface area (Å²) in [5, 5.41) is 1.56. The molecular formula is C14H14ClNS. The van der Waals surface area contributed by atoms with E-state index in [1.807, 2.05) is 24.3 Å². The Morgan fingerprint density at radius 1 is 1.24 bits per heavy atom. The van der Waals surface area contributed by atoms with Gasteiger partial charge in [-0.15, -0.1) is 11.3 Å². The van der Waals surface area contributed by atoms with E-state index in [1.165, 1.54) is 10.4 Å². The number of rotatable bonds is 2. The van der Waals surface area contributed by atoms with Crippen molar-refractivity contribution in [2.24, 2.45) is 0 Å². The molecule has 0 aliphatic heterocycles. The molecule has 0 spiro atoms. The Hall–Kier alpha value is -1.25. The van der Waals surface area contributed by atoms with Gasteiger partial charge in [-0.2, -0.15) is 0 Å². The second-order valence-corrected chi connectivity index (χ2v) is 5.70. The van der Waals surface area contributed by atoms with Gasteiger partial charge in [0.1, 0.15) is 0 Å². The van der Waals surface area contributed by atoms with Crippen LogP contribution < -0.4 is 5.73 Å². The molecule has 88 valence electrons. The molecule has 0 amide bonds. The fourth-order valence-corrected chi connectivity index (χ4v) is 2.91. The van der Waals surface area contributed by atoms with Crippen LogP contribution in [-0.2, 0) is 0 Å². The van der Waals surface area contributed by atoms with Crippen molar-refractivity contribution in [2.75, 3.05) is 5.73 Å². The number of halogens is 1. The first-order valence-electron chi connectivity index (χ1n) is 5.31. The molecule has 0 saturated heterocycles. The average molecular weight is 264 g/mol. The maximum Gasteiger partial charge on any atom is 0.0941 e. The van der Waals surface area contributed by atoms with E-state index < -0.39 is 0 Å². The molecule has 0 atom stereocenters. The standard InChI is InChI=1S/C14H14ClNS/c1-8-10(3)17-14(16)13(8)9(2)11-4-6-12(15)7-5-11/h4-7H,2,16H2,1,3H3. The van der Waals surface area contributed by atoms with Gasteiger partial charge in [-0.3, -0.25) is 0 Å². The summed E-state index contributed by atoms with van der Waals surface area (Å²) in [6.45, 7) is 8.30. The predicted octanol–water partition coefficient (Wildman–Crippen LogP) is 4.66. The van der Waals surface area contributed by atoms with Crippen molar-refractivity contribution >= 4 is 33.5 Å². The van der Waals surface area contributed by atoms with Crippen LogP contribution in [0.2, 0.25) is 5.02 Å². The number of thiophene rings is 1. The number of aryl methyl sites for hydroxylation is 1. The third kappa shape index (κ3) is 2.24. The summed E-state index contributed by atoms with van der Waals surface area (Å²) < 4.78 is 0. The summed E-state index contributed by atoms with van der Waals surface area (Å²) in [7, 11) is 0. The first kappa shape index (κ1) is 12.2. The molecule has 3 heteroatoms. The van der Waals surface area contributed by atoms with Gasteiger partial charge in [-0.05, 0) is 42.7 Å². The Labute approximate surface area is 111 Å². The van der Waals surface area contributed by atoms with Crippen LogP contribution in [0.3, 0.4) is 0 Å². The second kappa shape index (κ2) is 4.55. The highest BCUT2D eigenvalue weighted by molar-refractivity contribution is 7.16. The van der Waals surface area contributed by atoms with Crippen molar-refractivity contribution in [3.05, 3.63) is 57.4 Å². The fourth-order valence-electron chi connectivity index (χ4n) is 1.82. The van der Waals surface area contributed by atoms with Crippen LogP contribution >= 0.6 is 22.9 Å². The van der Waals surface area contributed by atoms with Crippen LogP contribution in [0.5, 0.6) is 0 Å². The van der Waals surface area contributed by atoms with E-state index in [4.69, 9.17) is 17.3 Å². The lowest BCUT2D eigenvalue weighted by atomic mass is 9.98. The molecule has 2 aromatic rings. The molecule has 0 bridgehead atoms. The number of nitrogens with two attached hydrogens (primary N) is 1. The normalized spacial score (nSPS) is 10.5. The van der Waals surface area contributed by atoms with Gasteiger partial charge in [0.2, 0.25) is 0 Å². The highest BCUT2D eigenvalue weighted by atomic mass is 35.5. The van der Waals surface area contributed by atoms with Crippen molar-refractivity contribution in [3.8, 4) is 0 Å². The van der Waals surface area contributed by atoms with E-state index in [0.29, 0.717) is 0 Å². The number of hydrogen-bond donors (Lipinski definition) is 1. The van der Waals surface area contributed by atoms with E-state index in [9.17, 15) is 0 Å². The molecule has 0 aliphatic carbocycles. The zero-order valence-corrected chi connectivity index (χ0v) is 11.5. The van der Waals surface area contributed by atoms with Gasteiger partial charge in [0.25, 0.3) is 0 Å². The quantitative estimate of drug-likeness (QED) is 0.838. The van der Waals surface area contributed by atoms with Crippen LogP contribution in [0.4, 0.5) is 5.00 Å². The number of hydrogen-bond acceptors (Lipinski definition) is 2. The van der Waals surface area contributed by atoms with Gasteiger partial charge in [0.05, 0.1) is 5.00 Å². The number of anilines is 1. The summed E-state index contributed by atoms with van der Waals surface area (Å²) in [6, 6.07) is 7.67. The first-order chi connectivity index (χ1) is 8.00. The van der Waals surface area contributed by atoms with E-state index >= 15 is 0 Å². The van der Waals surface area contributed by atoms with Crippen LogP contribution in [0.15, 0.2) is 30.8 Å². The summed E-state index contributed by atoms with van der Waals surface area (Å²) in [5.74, 6) is 0. The maximum absolute atomic E-state index is 6.04. The minimum Gasteiger partial charge on any atom is -0.390 e. The van der Waals surface area contributed by atoms with Crippen LogP contribution in [0.25, 0.3) is 5.57 Å².